The van der Waals surface area contributed by atoms with E-state index >= 15 is 0 Å². The Morgan fingerprint density at radius 3 is 2.33 bits per heavy atom. The van der Waals surface area contributed by atoms with Crippen LogP contribution in [0.1, 0.15) is 25.7 Å². The summed E-state index contributed by atoms with van der Waals surface area (Å²) in [6.45, 7) is 0. The average molecular weight is 503 g/mol. The molecule has 2 atom stereocenters. The molecule has 0 spiro atoms. The molecule has 0 radical (unpaired) electrons. The lowest BCUT2D eigenvalue weighted by atomic mass is 10.3. The van der Waals surface area contributed by atoms with E-state index < -0.39 is 40.2 Å². The second-order valence-corrected chi connectivity index (χ2v) is 9.63. The smallest absolute Gasteiger partial charge is 0.334 e. The van der Waals surface area contributed by atoms with E-state index in [9.17, 15) is 28.8 Å². The Balaban J connectivity index is 2.12. The number of carbonyl (C=O) groups is 6. The minimum Gasteiger partial charge on any atom is -0.341 e. The van der Waals surface area contributed by atoms with Crippen LogP contribution in [0.5, 0.6) is 0 Å². The van der Waals surface area contributed by atoms with Gasteiger partial charge in [-0.15, -0.1) is 5.06 Å². The third-order valence-electron chi connectivity index (χ3n) is 3.24. The molecular formula is C14H18N2O10S4. The van der Waals surface area contributed by atoms with E-state index in [0.29, 0.717) is 17.1 Å². The van der Waals surface area contributed by atoms with E-state index in [2.05, 4.69) is 4.84 Å². The van der Waals surface area contributed by atoms with Gasteiger partial charge in [-0.2, -0.15) is 5.48 Å². The molecule has 3 N–H and O–H groups in total. The van der Waals surface area contributed by atoms with Gasteiger partial charge in [-0.1, -0.05) is 21.6 Å². The van der Waals surface area contributed by atoms with Gasteiger partial charge in [-0.05, 0) is 0 Å². The molecule has 3 amide bonds. The van der Waals surface area contributed by atoms with Crippen molar-refractivity contribution < 1.29 is 47.5 Å². The van der Waals surface area contributed by atoms with Crippen LogP contribution in [-0.4, -0.2) is 72.1 Å². The van der Waals surface area contributed by atoms with Crippen LogP contribution in [0.2, 0.25) is 0 Å². The van der Waals surface area contributed by atoms with Crippen molar-refractivity contribution in [2.24, 2.45) is 0 Å². The summed E-state index contributed by atoms with van der Waals surface area (Å²) in [7, 11) is 2.49. The van der Waals surface area contributed by atoms with Gasteiger partial charge < -0.3 is 23.6 Å². The van der Waals surface area contributed by atoms with Crippen LogP contribution >= 0.6 is 45.7 Å². The fraction of sp³-hybridized carbons (Fsp3) is 0.571. The van der Waals surface area contributed by atoms with Gasteiger partial charge in [0.25, 0.3) is 17.7 Å². The van der Waals surface area contributed by atoms with E-state index in [1.54, 1.807) is 0 Å². The van der Waals surface area contributed by atoms with Crippen molar-refractivity contribution in [3.05, 3.63) is 0 Å². The van der Waals surface area contributed by atoms with Crippen molar-refractivity contribution in [2.45, 2.75) is 36.2 Å². The predicted octanol–water partition coefficient (Wildman–Crippen LogP) is 0.678. The van der Waals surface area contributed by atoms with Crippen molar-refractivity contribution >= 4 is 81.6 Å². The highest BCUT2D eigenvalue weighted by Crippen LogP contribution is 2.25. The Morgan fingerprint density at radius 1 is 1.17 bits per heavy atom. The summed E-state index contributed by atoms with van der Waals surface area (Å²) in [5.41, 5.74) is 1.85. The monoisotopic (exact) mass is 502 g/mol. The number of rotatable bonds is 13. The molecule has 0 aromatic heterocycles. The fourth-order valence-electron chi connectivity index (χ4n) is 1.79. The molecule has 1 fully saturated rings. The number of carbonyl (C=O) groups excluding carboxylic acids is 6. The highest BCUT2D eigenvalue weighted by molar-refractivity contribution is 8.76. The van der Waals surface area contributed by atoms with Gasteiger partial charge in [0.1, 0.15) is 16.8 Å². The molecule has 1 aliphatic heterocycles. The van der Waals surface area contributed by atoms with E-state index in [0.717, 1.165) is 0 Å². The number of nitrogens with zero attached hydrogens (tertiary/aromatic N) is 1. The lowest BCUT2D eigenvalue weighted by Gasteiger charge is -2.12. The molecule has 12 nitrogen and oxygen atoms in total. The minimum atomic E-state index is -1.07. The van der Waals surface area contributed by atoms with Gasteiger partial charge in [0.15, 0.2) is 0 Å². The fourth-order valence-corrected chi connectivity index (χ4v) is 4.44. The summed E-state index contributed by atoms with van der Waals surface area (Å²) in [4.78, 5) is 77.5. The van der Waals surface area contributed by atoms with Crippen LogP contribution in [0, 0.1) is 0 Å². The number of hydroxylamine groups is 3. The van der Waals surface area contributed by atoms with Crippen LogP contribution in [0.15, 0.2) is 0 Å². The van der Waals surface area contributed by atoms with Crippen molar-refractivity contribution in [3.8, 4) is 0 Å². The number of aldehydes is 1. The molecule has 168 valence electrons. The molecular weight excluding hydrogens is 484 g/mol. The van der Waals surface area contributed by atoms with Gasteiger partial charge in [0.2, 0.25) is 0 Å². The van der Waals surface area contributed by atoms with Crippen molar-refractivity contribution in [3.63, 3.8) is 0 Å². The van der Waals surface area contributed by atoms with E-state index in [4.69, 9.17) is 13.9 Å². The summed E-state index contributed by atoms with van der Waals surface area (Å²) < 4.78 is 17.7. The number of imide groups is 1. The number of amides is 3. The van der Waals surface area contributed by atoms with Crippen molar-refractivity contribution in [2.75, 3.05) is 11.5 Å². The Morgan fingerprint density at radius 2 is 1.80 bits per heavy atom. The molecule has 1 rings (SSSR count). The van der Waals surface area contributed by atoms with Crippen molar-refractivity contribution in [1.29, 1.82) is 0 Å². The zero-order valence-electron chi connectivity index (χ0n) is 15.2. The van der Waals surface area contributed by atoms with Crippen LogP contribution in [0.4, 0.5) is 0 Å². The summed E-state index contributed by atoms with van der Waals surface area (Å²) >= 11 is 0.378. The minimum absolute atomic E-state index is 0.0516. The molecule has 0 aliphatic carbocycles. The first-order valence-corrected chi connectivity index (χ1v) is 12.4. The average Bonchev–Trinajstić information content (AvgIpc) is 3.00. The first-order chi connectivity index (χ1) is 14.3. The largest absolute Gasteiger partial charge is 0.341 e. The zero-order valence-corrected chi connectivity index (χ0v) is 18.5. The standard InChI is InChI=1S/C14H18N2O10S4/c17-4-1-8(29-23)13(21)15-25-11(19)2-5-27-28-6-3-12(20)26-16-10(18)7-9(30-24)14(16)22/h4,8-9,23-24H,1-3,5-7H2,(H,15,21). The van der Waals surface area contributed by atoms with E-state index in [1.807, 2.05) is 5.48 Å². The molecule has 0 aromatic rings. The maximum absolute atomic E-state index is 11.7. The normalized spacial score (nSPS) is 16.9. The summed E-state index contributed by atoms with van der Waals surface area (Å²) in [5, 5.41) is -1.69. The highest BCUT2D eigenvalue weighted by atomic mass is 33.1. The Bertz CT molecular complexity index is 665. The number of hydrogen-bond donors (Lipinski definition) is 3. The molecule has 1 heterocycles. The zero-order chi connectivity index (χ0) is 22.5. The summed E-state index contributed by atoms with van der Waals surface area (Å²) in [6.07, 6.45) is -0.177. The van der Waals surface area contributed by atoms with Gasteiger partial charge in [-0.25, -0.2) is 9.59 Å². The third-order valence-corrected chi connectivity index (χ3v) is 6.93. The third kappa shape index (κ3) is 9.13. The number of hydrogen-bond acceptors (Lipinski definition) is 14. The highest BCUT2D eigenvalue weighted by Gasteiger charge is 2.42. The van der Waals surface area contributed by atoms with Gasteiger partial charge in [0.05, 0.1) is 19.3 Å². The molecule has 2 unspecified atom stereocenters. The van der Waals surface area contributed by atoms with Gasteiger partial charge in [0, 0.05) is 42.0 Å². The number of nitrogens with one attached hydrogen (secondary N) is 1. The Labute approximate surface area is 187 Å². The van der Waals surface area contributed by atoms with Crippen LogP contribution in [0.25, 0.3) is 0 Å². The first kappa shape index (κ1) is 26.6. The summed E-state index contributed by atoms with van der Waals surface area (Å²) in [6, 6.07) is 0. The second-order valence-electron chi connectivity index (χ2n) is 5.37. The van der Waals surface area contributed by atoms with E-state index in [1.165, 1.54) is 21.6 Å². The molecule has 0 bridgehead atoms. The van der Waals surface area contributed by atoms with Gasteiger partial charge >= 0.3 is 11.9 Å². The molecule has 16 heteroatoms. The van der Waals surface area contributed by atoms with E-state index in [-0.39, 0.29) is 55.5 Å². The maximum Gasteiger partial charge on any atom is 0.334 e. The van der Waals surface area contributed by atoms with Crippen LogP contribution in [0.3, 0.4) is 0 Å². The first-order valence-electron chi connectivity index (χ1n) is 8.19. The predicted molar refractivity (Wildman–Crippen MR) is 110 cm³/mol. The van der Waals surface area contributed by atoms with Gasteiger partial charge in [-0.3, -0.25) is 14.4 Å². The van der Waals surface area contributed by atoms with Crippen molar-refractivity contribution in [1.82, 2.24) is 10.5 Å². The SMILES string of the molecule is O=CCC(SO)C(=O)NOC(=O)CCSSCCC(=O)ON1C(=O)CC(SO)C1=O. The Hall–Kier alpha value is -1.46. The second kappa shape index (κ2) is 14.5. The topological polar surface area (TPSA) is 177 Å². The summed E-state index contributed by atoms with van der Waals surface area (Å²) in [5.74, 6) is -3.24. The molecule has 1 saturated heterocycles. The lowest BCUT2D eigenvalue weighted by molar-refractivity contribution is -0.197. The maximum atomic E-state index is 11.7. The lowest BCUT2D eigenvalue weighted by Crippen LogP contribution is -2.34. The molecule has 0 aromatic carbocycles. The molecule has 30 heavy (non-hydrogen) atoms. The molecule has 0 saturated carbocycles. The molecule has 1 aliphatic rings. The van der Waals surface area contributed by atoms with Crippen LogP contribution < -0.4 is 5.48 Å². The van der Waals surface area contributed by atoms with Crippen LogP contribution in [-0.2, 0) is 38.4 Å². The quantitative estimate of drug-likeness (QED) is 0.0799. The Kier molecular flexibility index (Phi) is 12.9.